The van der Waals surface area contributed by atoms with E-state index in [4.69, 9.17) is 4.52 Å². The Bertz CT molecular complexity index is 1090. The molecule has 0 spiro atoms. The Kier molecular flexibility index (Phi) is 5.71. The van der Waals surface area contributed by atoms with Crippen LogP contribution in [0.4, 0.5) is 5.69 Å². The first-order chi connectivity index (χ1) is 15.7. The monoisotopic (exact) mass is 430 g/mol. The third-order valence-electron chi connectivity index (χ3n) is 6.40. The number of benzene rings is 2. The molecule has 1 atom stereocenters. The quantitative estimate of drug-likeness (QED) is 0.643. The van der Waals surface area contributed by atoms with Gasteiger partial charge in [0.1, 0.15) is 0 Å². The summed E-state index contributed by atoms with van der Waals surface area (Å²) < 4.78 is 5.40. The zero-order valence-electron chi connectivity index (χ0n) is 17.9. The van der Waals surface area contributed by atoms with Gasteiger partial charge in [0.2, 0.25) is 17.6 Å². The van der Waals surface area contributed by atoms with E-state index < -0.39 is 0 Å². The maximum absolute atomic E-state index is 12.8. The number of hydrogen-bond donors (Lipinski definition) is 1. The Balaban J connectivity index is 1.21. The molecule has 3 aromatic rings. The van der Waals surface area contributed by atoms with Gasteiger partial charge >= 0.3 is 0 Å². The van der Waals surface area contributed by atoms with E-state index in [1.807, 2.05) is 59.5 Å². The van der Waals surface area contributed by atoms with Crippen molar-refractivity contribution in [2.24, 2.45) is 5.92 Å². The summed E-state index contributed by atoms with van der Waals surface area (Å²) in [6.07, 6.45) is 6.00. The number of likely N-dealkylation sites (tertiary alicyclic amines) is 1. The normalized spacial score (nSPS) is 19.3. The average molecular weight is 431 g/mol. The number of nitrogens with zero attached hydrogens (tertiary/aromatic N) is 3. The topological polar surface area (TPSA) is 88.3 Å². The van der Waals surface area contributed by atoms with Crippen LogP contribution in [0.1, 0.15) is 38.5 Å². The smallest absolute Gasteiger partial charge is 0.258 e. The van der Waals surface area contributed by atoms with Crippen LogP contribution in [0.5, 0.6) is 0 Å². The fourth-order valence-corrected chi connectivity index (χ4v) is 4.64. The van der Waals surface area contributed by atoms with E-state index in [1.165, 1.54) is 19.3 Å². The van der Waals surface area contributed by atoms with Crippen LogP contribution < -0.4 is 5.32 Å². The van der Waals surface area contributed by atoms with Gasteiger partial charge in [-0.1, -0.05) is 54.8 Å². The molecular formula is C25H26N4O3. The van der Waals surface area contributed by atoms with Crippen molar-refractivity contribution in [3.05, 3.63) is 54.6 Å². The minimum absolute atomic E-state index is 0.103. The summed E-state index contributed by atoms with van der Waals surface area (Å²) in [5.74, 6) is 0.665. The molecule has 0 bridgehead atoms. The van der Waals surface area contributed by atoms with Crippen LogP contribution >= 0.6 is 0 Å². The molecule has 7 heteroatoms. The molecule has 2 amide bonds. The van der Waals surface area contributed by atoms with Gasteiger partial charge in [0.05, 0.1) is 5.92 Å². The van der Waals surface area contributed by atoms with Crippen LogP contribution in [0.3, 0.4) is 0 Å². The molecule has 2 fully saturated rings. The van der Waals surface area contributed by atoms with E-state index in [1.54, 1.807) is 0 Å². The molecule has 1 aliphatic heterocycles. The number of hydrogen-bond acceptors (Lipinski definition) is 5. The molecule has 2 heterocycles. The van der Waals surface area contributed by atoms with Crippen molar-refractivity contribution in [3.8, 4) is 22.8 Å². The second-order valence-corrected chi connectivity index (χ2v) is 8.59. The number of aromatic nitrogens is 2. The van der Waals surface area contributed by atoms with Crippen LogP contribution in [0.2, 0.25) is 0 Å². The Morgan fingerprint density at radius 2 is 1.72 bits per heavy atom. The molecule has 2 aliphatic rings. The van der Waals surface area contributed by atoms with Crippen LogP contribution in [-0.2, 0) is 9.59 Å². The summed E-state index contributed by atoms with van der Waals surface area (Å²) in [4.78, 5) is 31.6. The zero-order valence-corrected chi connectivity index (χ0v) is 17.9. The van der Waals surface area contributed by atoms with E-state index in [9.17, 15) is 9.59 Å². The predicted molar refractivity (Wildman–Crippen MR) is 120 cm³/mol. The van der Waals surface area contributed by atoms with E-state index in [0.717, 1.165) is 24.0 Å². The van der Waals surface area contributed by atoms with Gasteiger partial charge in [-0.05, 0) is 37.1 Å². The summed E-state index contributed by atoms with van der Waals surface area (Å²) in [6, 6.07) is 17.3. The SMILES string of the molecule is O=C(Nc1ccc(-c2nc(-c3ccccc3)no2)cc1)[C@H]1CC(=O)N(C2CCCCC2)C1. The van der Waals surface area contributed by atoms with Gasteiger partial charge < -0.3 is 14.7 Å². The molecule has 164 valence electrons. The number of anilines is 1. The van der Waals surface area contributed by atoms with Crippen LogP contribution in [0, 0.1) is 5.92 Å². The summed E-state index contributed by atoms with van der Waals surface area (Å²) in [5.41, 5.74) is 2.35. The first-order valence-electron chi connectivity index (χ1n) is 11.3. The molecule has 5 rings (SSSR count). The maximum Gasteiger partial charge on any atom is 0.258 e. The van der Waals surface area contributed by atoms with Gasteiger partial charge in [-0.3, -0.25) is 9.59 Å². The molecule has 0 radical (unpaired) electrons. The largest absolute Gasteiger partial charge is 0.339 e. The Labute approximate surface area is 186 Å². The van der Waals surface area contributed by atoms with Crippen molar-refractivity contribution in [2.75, 3.05) is 11.9 Å². The highest BCUT2D eigenvalue weighted by molar-refractivity contribution is 5.97. The van der Waals surface area contributed by atoms with Crippen LogP contribution in [0.15, 0.2) is 59.1 Å². The number of carbonyl (C=O) groups is 2. The number of nitrogens with one attached hydrogen (secondary N) is 1. The van der Waals surface area contributed by atoms with Crippen molar-refractivity contribution in [3.63, 3.8) is 0 Å². The van der Waals surface area contributed by atoms with Gasteiger partial charge in [0.25, 0.3) is 5.89 Å². The maximum atomic E-state index is 12.8. The second-order valence-electron chi connectivity index (χ2n) is 8.59. The summed E-state index contributed by atoms with van der Waals surface area (Å²) in [5, 5.41) is 7.00. The van der Waals surface area contributed by atoms with Crippen LogP contribution in [0.25, 0.3) is 22.8 Å². The van der Waals surface area contributed by atoms with Gasteiger partial charge in [0, 0.05) is 35.8 Å². The molecule has 1 N–H and O–H groups in total. The molecule has 1 aliphatic carbocycles. The van der Waals surface area contributed by atoms with E-state index in [-0.39, 0.29) is 17.7 Å². The fraction of sp³-hybridized carbons (Fsp3) is 0.360. The summed E-state index contributed by atoms with van der Waals surface area (Å²) >= 11 is 0. The fourth-order valence-electron chi connectivity index (χ4n) is 4.64. The van der Waals surface area contributed by atoms with E-state index in [2.05, 4.69) is 15.5 Å². The van der Waals surface area contributed by atoms with E-state index >= 15 is 0 Å². The molecule has 2 aromatic carbocycles. The minimum atomic E-state index is -0.298. The Morgan fingerprint density at radius 3 is 2.47 bits per heavy atom. The lowest BCUT2D eigenvalue weighted by Crippen LogP contribution is -2.38. The lowest BCUT2D eigenvalue weighted by molar-refractivity contribution is -0.130. The van der Waals surface area contributed by atoms with Gasteiger partial charge in [-0.15, -0.1) is 0 Å². The third-order valence-corrected chi connectivity index (χ3v) is 6.40. The standard InChI is InChI=1S/C25H26N4O3/c30-22-15-19(16-29(22)21-9-5-2-6-10-21)24(31)26-20-13-11-18(12-14-20)25-27-23(28-32-25)17-7-3-1-4-8-17/h1,3-4,7-8,11-14,19,21H,2,5-6,9-10,15-16H2,(H,26,31)/t19-/m0/s1. The first kappa shape index (κ1) is 20.4. The molecule has 7 nitrogen and oxygen atoms in total. The zero-order chi connectivity index (χ0) is 21.9. The second kappa shape index (κ2) is 8.94. The molecular weight excluding hydrogens is 404 g/mol. The van der Waals surface area contributed by atoms with Crippen LogP contribution in [-0.4, -0.2) is 39.4 Å². The minimum Gasteiger partial charge on any atom is -0.339 e. The van der Waals surface area contributed by atoms with Crippen molar-refractivity contribution in [1.82, 2.24) is 15.0 Å². The van der Waals surface area contributed by atoms with E-state index in [0.29, 0.717) is 36.4 Å². The molecule has 0 unspecified atom stereocenters. The summed E-state index contributed by atoms with van der Waals surface area (Å²) in [7, 11) is 0. The van der Waals surface area contributed by atoms with Crippen molar-refractivity contribution < 1.29 is 14.1 Å². The van der Waals surface area contributed by atoms with Crippen molar-refractivity contribution in [2.45, 2.75) is 44.6 Å². The van der Waals surface area contributed by atoms with Gasteiger partial charge in [-0.25, -0.2) is 0 Å². The lowest BCUT2D eigenvalue weighted by Gasteiger charge is -2.31. The molecule has 1 saturated carbocycles. The predicted octanol–water partition coefficient (Wildman–Crippen LogP) is 4.52. The highest BCUT2D eigenvalue weighted by atomic mass is 16.5. The molecule has 1 saturated heterocycles. The number of carbonyl (C=O) groups excluding carboxylic acids is 2. The van der Waals surface area contributed by atoms with Crippen molar-refractivity contribution in [1.29, 1.82) is 0 Å². The Morgan fingerprint density at radius 1 is 0.969 bits per heavy atom. The van der Waals surface area contributed by atoms with Gasteiger partial charge in [0.15, 0.2) is 0 Å². The lowest BCUT2D eigenvalue weighted by atomic mass is 9.94. The Hall–Kier alpha value is -3.48. The number of rotatable bonds is 5. The van der Waals surface area contributed by atoms with Crippen molar-refractivity contribution >= 4 is 17.5 Å². The third kappa shape index (κ3) is 4.28. The molecule has 1 aromatic heterocycles. The first-order valence-corrected chi connectivity index (χ1v) is 11.3. The average Bonchev–Trinajstić information content (AvgIpc) is 3.48. The number of amides is 2. The van der Waals surface area contributed by atoms with Gasteiger partial charge in [-0.2, -0.15) is 4.98 Å². The highest BCUT2D eigenvalue weighted by Gasteiger charge is 2.38. The molecule has 32 heavy (non-hydrogen) atoms. The summed E-state index contributed by atoms with van der Waals surface area (Å²) in [6.45, 7) is 0.525. The highest BCUT2D eigenvalue weighted by Crippen LogP contribution is 2.29.